The van der Waals surface area contributed by atoms with Crippen LogP contribution in [0.15, 0.2) is 64.0 Å². The van der Waals surface area contributed by atoms with Crippen molar-refractivity contribution in [3.05, 3.63) is 74.6 Å². The zero-order valence-corrected chi connectivity index (χ0v) is 16.6. The third-order valence-corrected chi connectivity index (χ3v) is 5.62. The Bertz CT molecular complexity index is 1070. The van der Waals surface area contributed by atoms with Crippen LogP contribution in [0.2, 0.25) is 5.02 Å². The van der Waals surface area contributed by atoms with E-state index < -0.39 is 0 Å². The van der Waals surface area contributed by atoms with Crippen molar-refractivity contribution < 1.29 is 4.74 Å². The summed E-state index contributed by atoms with van der Waals surface area (Å²) in [5.74, 6) is 1.39. The van der Waals surface area contributed by atoms with Crippen molar-refractivity contribution in [1.82, 2.24) is 9.97 Å². The molecule has 2 aromatic carbocycles. The van der Waals surface area contributed by atoms with Crippen molar-refractivity contribution >= 4 is 61.3 Å². The van der Waals surface area contributed by atoms with Gasteiger partial charge in [-0.05, 0) is 24.3 Å². The molecule has 0 aliphatic rings. The molecule has 0 unspecified atom stereocenters. The number of anilines is 2. The van der Waals surface area contributed by atoms with Gasteiger partial charge < -0.3 is 10.1 Å². The molecule has 0 saturated carbocycles. The van der Waals surface area contributed by atoms with Crippen LogP contribution in [-0.4, -0.2) is 9.97 Å². The van der Waals surface area contributed by atoms with Crippen molar-refractivity contribution in [3.63, 3.8) is 0 Å². The molecule has 0 saturated heterocycles. The maximum Gasteiger partial charge on any atom is 0.142 e. The summed E-state index contributed by atoms with van der Waals surface area (Å²) in [4.78, 5) is 8.56. The number of fused-ring (bicyclic) bond motifs is 1. The number of nitrogens with zero attached hydrogens (tertiary/aromatic N) is 2. The lowest BCUT2D eigenvalue weighted by atomic mass is 10.2. The Morgan fingerprint density at radius 3 is 2.85 bits per heavy atom. The van der Waals surface area contributed by atoms with E-state index in [0.717, 1.165) is 32.4 Å². The number of thiophene rings is 1. The lowest BCUT2D eigenvalue weighted by molar-refractivity contribution is 0.305. The third-order valence-electron chi connectivity index (χ3n) is 3.82. The van der Waals surface area contributed by atoms with Crippen molar-refractivity contribution in [2.45, 2.75) is 6.61 Å². The summed E-state index contributed by atoms with van der Waals surface area (Å²) in [6, 6.07) is 13.5. The summed E-state index contributed by atoms with van der Waals surface area (Å²) in [5, 5.41) is 8.84. The fraction of sp³-hybridized carbons (Fsp3) is 0.0526. The fourth-order valence-corrected chi connectivity index (χ4v) is 3.88. The lowest BCUT2D eigenvalue weighted by Crippen LogP contribution is -1.98. The molecule has 2 aromatic heterocycles. The van der Waals surface area contributed by atoms with E-state index in [4.69, 9.17) is 16.3 Å². The zero-order chi connectivity index (χ0) is 17.9. The predicted molar refractivity (Wildman–Crippen MR) is 111 cm³/mol. The second-order valence-corrected chi connectivity index (χ2v) is 7.55. The number of aromatic nitrogens is 2. The standard InChI is InChI=1S/C19H13BrClN3OS/c20-15-4-2-1-3-12(15)8-25-18-6-5-13(7-16(18)21)24-19-14-9-26-10-17(14)22-11-23-19/h1-7,9-11H,8H2,(H,22,23,24). The first-order chi connectivity index (χ1) is 12.7. The molecule has 0 radical (unpaired) electrons. The number of ether oxygens (including phenoxy) is 1. The molecule has 4 nitrogen and oxygen atoms in total. The Labute approximate surface area is 168 Å². The molecule has 0 amide bonds. The highest BCUT2D eigenvalue weighted by molar-refractivity contribution is 9.10. The van der Waals surface area contributed by atoms with E-state index in [1.165, 1.54) is 0 Å². The van der Waals surface area contributed by atoms with Crippen LogP contribution < -0.4 is 10.1 Å². The molecule has 0 spiro atoms. The van der Waals surface area contributed by atoms with E-state index in [0.29, 0.717) is 17.4 Å². The van der Waals surface area contributed by atoms with Crippen molar-refractivity contribution in [1.29, 1.82) is 0 Å². The minimum atomic E-state index is 0.440. The third kappa shape index (κ3) is 3.67. The molecule has 0 aliphatic heterocycles. The quantitative estimate of drug-likeness (QED) is 0.384. The van der Waals surface area contributed by atoms with Crippen molar-refractivity contribution in [2.75, 3.05) is 5.32 Å². The summed E-state index contributed by atoms with van der Waals surface area (Å²) in [7, 11) is 0. The summed E-state index contributed by atoms with van der Waals surface area (Å²) < 4.78 is 6.87. The lowest BCUT2D eigenvalue weighted by Gasteiger charge is -2.12. The van der Waals surface area contributed by atoms with E-state index in [1.54, 1.807) is 17.7 Å². The molecule has 1 N–H and O–H groups in total. The number of hydrogen-bond acceptors (Lipinski definition) is 5. The number of hydrogen-bond donors (Lipinski definition) is 1. The Hall–Kier alpha value is -2.15. The minimum Gasteiger partial charge on any atom is -0.487 e. The Morgan fingerprint density at radius 1 is 1.12 bits per heavy atom. The van der Waals surface area contributed by atoms with Gasteiger partial charge in [0.25, 0.3) is 0 Å². The van der Waals surface area contributed by atoms with Gasteiger partial charge in [-0.15, -0.1) is 11.3 Å². The van der Waals surface area contributed by atoms with Gasteiger partial charge in [0.1, 0.15) is 24.5 Å². The van der Waals surface area contributed by atoms with Crippen LogP contribution in [0.5, 0.6) is 5.75 Å². The Morgan fingerprint density at radius 2 is 2.00 bits per heavy atom. The molecular weight excluding hydrogens is 434 g/mol. The van der Waals surface area contributed by atoms with Crippen LogP contribution >= 0.6 is 38.9 Å². The molecule has 7 heteroatoms. The predicted octanol–water partition coefficient (Wildman–Crippen LogP) is 6.43. The molecule has 0 aliphatic carbocycles. The van der Waals surface area contributed by atoms with Gasteiger partial charge in [0.15, 0.2) is 0 Å². The van der Waals surface area contributed by atoms with Gasteiger partial charge in [-0.25, -0.2) is 9.97 Å². The first-order valence-electron chi connectivity index (χ1n) is 7.80. The Kier molecular flexibility index (Phi) is 5.06. The van der Waals surface area contributed by atoms with Gasteiger partial charge in [-0.3, -0.25) is 0 Å². The summed E-state index contributed by atoms with van der Waals surface area (Å²) in [5.41, 5.74) is 2.83. The van der Waals surface area contributed by atoms with E-state index >= 15 is 0 Å². The highest BCUT2D eigenvalue weighted by Gasteiger charge is 2.08. The van der Waals surface area contributed by atoms with Gasteiger partial charge in [0, 0.05) is 26.5 Å². The smallest absolute Gasteiger partial charge is 0.142 e. The molecule has 0 fully saturated rings. The maximum absolute atomic E-state index is 6.39. The number of nitrogens with one attached hydrogen (secondary N) is 1. The first kappa shape index (κ1) is 17.3. The monoisotopic (exact) mass is 445 g/mol. The van der Waals surface area contributed by atoms with Crippen molar-refractivity contribution in [2.24, 2.45) is 0 Å². The summed E-state index contributed by atoms with van der Waals surface area (Å²) in [6.07, 6.45) is 1.55. The van der Waals surface area contributed by atoms with Crippen LogP contribution in [0, 0.1) is 0 Å². The second-order valence-electron chi connectivity index (χ2n) is 5.54. The topological polar surface area (TPSA) is 47.0 Å². The van der Waals surface area contributed by atoms with Gasteiger partial charge in [-0.1, -0.05) is 45.7 Å². The van der Waals surface area contributed by atoms with Gasteiger partial charge in [-0.2, -0.15) is 0 Å². The van der Waals surface area contributed by atoms with Crippen LogP contribution in [0.25, 0.3) is 10.9 Å². The van der Waals surface area contributed by atoms with Crippen LogP contribution in [-0.2, 0) is 6.61 Å². The molecule has 0 atom stereocenters. The molecule has 26 heavy (non-hydrogen) atoms. The van der Waals surface area contributed by atoms with Crippen LogP contribution in [0.4, 0.5) is 11.5 Å². The molecule has 2 heterocycles. The summed E-state index contributed by atoms with van der Waals surface area (Å²) >= 11 is 11.5. The van der Waals surface area contributed by atoms with Gasteiger partial charge in [0.05, 0.1) is 15.9 Å². The SMILES string of the molecule is Clc1cc(Nc2ncnc3cscc23)ccc1OCc1ccccc1Br. The average molecular weight is 447 g/mol. The maximum atomic E-state index is 6.39. The average Bonchev–Trinajstić information content (AvgIpc) is 3.12. The first-order valence-corrected chi connectivity index (χ1v) is 9.92. The van der Waals surface area contributed by atoms with Crippen molar-refractivity contribution in [3.8, 4) is 5.75 Å². The molecule has 0 bridgehead atoms. The number of halogens is 2. The molecular formula is C19H13BrClN3OS. The van der Waals surface area contributed by atoms with Crippen LogP contribution in [0.3, 0.4) is 0 Å². The minimum absolute atomic E-state index is 0.440. The summed E-state index contributed by atoms with van der Waals surface area (Å²) in [6.45, 7) is 0.440. The van der Waals surface area contributed by atoms with E-state index in [1.807, 2.05) is 53.2 Å². The molecule has 4 rings (SSSR count). The number of benzene rings is 2. The number of rotatable bonds is 5. The normalized spacial score (nSPS) is 10.8. The Balaban J connectivity index is 1.51. The largest absolute Gasteiger partial charge is 0.487 e. The van der Waals surface area contributed by atoms with Gasteiger partial charge in [0.2, 0.25) is 0 Å². The van der Waals surface area contributed by atoms with Gasteiger partial charge >= 0.3 is 0 Å². The van der Waals surface area contributed by atoms with Crippen LogP contribution in [0.1, 0.15) is 5.56 Å². The van der Waals surface area contributed by atoms with E-state index in [9.17, 15) is 0 Å². The van der Waals surface area contributed by atoms with E-state index in [-0.39, 0.29) is 0 Å². The molecule has 130 valence electrons. The van der Waals surface area contributed by atoms with E-state index in [2.05, 4.69) is 31.2 Å². The fourth-order valence-electron chi connectivity index (χ4n) is 2.49. The highest BCUT2D eigenvalue weighted by Crippen LogP contribution is 2.32. The second kappa shape index (κ2) is 7.61. The highest BCUT2D eigenvalue weighted by atomic mass is 79.9. The zero-order valence-electron chi connectivity index (χ0n) is 13.4. The molecule has 4 aromatic rings.